The zero-order valence-corrected chi connectivity index (χ0v) is 11.0. The molecule has 2 aromatic carbocycles. The summed E-state index contributed by atoms with van der Waals surface area (Å²) >= 11 is 0. The summed E-state index contributed by atoms with van der Waals surface area (Å²) in [6.45, 7) is 1.83. The summed E-state index contributed by atoms with van der Waals surface area (Å²) in [5.41, 5.74) is 5.52. The SMILES string of the molecule is Cc1cccc(NC(=O)c2ccc(NN)cc2)c1C#N. The van der Waals surface area contributed by atoms with E-state index >= 15 is 0 Å². The molecule has 0 heterocycles. The summed E-state index contributed by atoms with van der Waals surface area (Å²) in [6, 6.07) is 14.2. The monoisotopic (exact) mass is 266 g/mol. The molecule has 0 atom stereocenters. The summed E-state index contributed by atoms with van der Waals surface area (Å²) in [5, 5.41) is 11.9. The van der Waals surface area contributed by atoms with Crippen LogP contribution in [0.4, 0.5) is 11.4 Å². The van der Waals surface area contributed by atoms with E-state index in [0.29, 0.717) is 16.8 Å². The summed E-state index contributed by atoms with van der Waals surface area (Å²) in [5.74, 6) is 5.00. The van der Waals surface area contributed by atoms with Gasteiger partial charge in [0, 0.05) is 11.3 Å². The van der Waals surface area contributed by atoms with Gasteiger partial charge in [0.25, 0.3) is 5.91 Å². The first-order valence-corrected chi connectivity index (χ1v) is 6.03. The van der Waals surface area contributed by atoms with Gasteiger partial charge in [-0.25, -0.2) is 0 Å². The number of rotatable bonds is 3. The summed E-state index contributed by atoms with van der Waals surface area (Å²) in [6.07, 6.45) is 0. The molecular formula is C15H14N4O. The number of nitrogens with zero attached hydrogens (tertiary/aromatic N) is 1. The van der Waals surface area contributed by atoms with Gasteiger partial charge in [-0.15, -0.1) is 0 Å². The number of carbonyl (C=O) groups excluding carboxylic acids is 1. The third-order valence-corrected chi connectivity index (χ3v) is 2.95. The van der Waals surface area contributed by atoms with Crippen LogP contribution < -0.4 is 16.6 Å². The summed E-state index contributed by atoms with van der Waals surface area (Å²) in [4.78, 5) is 12.1. The third-order valence-electron chi connectivity index (χ3n) is 2.95. The Kier molecular flexibility index (Phi) is 3.99. The number of nitrogens with one attached hydrogen (secondary N) is 2. The number of hydrogen-bond acceptors (Lipinski definition) is 4. The van der Waals surface area contributed by atoms with Crippen LogP contribution in [0.15, 0.2) is 42.5 Å². The molecule has 0 saturated carbocycles. The molecule has 0 saturated heterocycles. The Morgan fingerprint density at radius 1 is 1.20 bits per heavy atom. The van der Waals surface area contributed by atoms with Crippen molar-refractivity contribution >= 4 is 17.3 Å². The lowest BCUT2D eigenvalue weighted by Gasteiger charge is -2.09. The number of anilines is 2. The van der Waals surface area contributed by atoms with E-state index in [1.807, 2.05) is 13.0 Å². The van der Waals surface area contributed by atoms with Crippen molar-refractivity contribution in [2.24, 2.45) is 5.84 Å². The van der Waals surface area contributed by atoms with Crippen molar-refractivity contribution in [1.82, 2.24) is 0 Å². The van der Waals surface area contributed by atoms with E-state index in [1.165, 1.54) is 0 Å². The Hall–Kier alpha value is -2.84. The van der Waals surface area contributed by atoms with Gasteiger partial charge in [0.15, 0.2) is 0 Å². The lowest BCUT2D eigenvalue weighted by Crippen LogP contribution is -2.13. The van der Waals surface area contributed by atoms with Crippen molar-refractivity contribution in [1.29, 1.82) is 5.26 Å². The highest BCUT2D eigenvalue weighted by molar-refractivity contribution is 6.05. The third kappa shape index (κ3) is 2.76. The van der Waals surface area contributed by atoms with Crippen LogP contribution in [0.3, 0.4) is 0 Å². The molecule has 2 aromatic rings. The topological polar surface area (TPSA) is 90.9 Å². The Balaban J connectivity index is 2.23. The number of nitrogens with two attached hydrogens (primary N) is 1. The molecule has 0 aliphatic heterocycles. The number of hydrogen-bond donors (Lipinski definition) is 3. The number of amides is 1. The van der Waals surface area contributed by atoms with Crippen molar-refractivity contribution < 1.29 is 4.79 Å². The highest BCUT2D eigenvalue weighted by atomic mass is 16.1. The Bertz CT molecular complexity index is 671. The van der Waals surface area contributed by atoms with Crippen LogP contribution in [0.25, 0.3) is 0 Å². The second kappa shape index (κ2) is 5.87. The quantitative estimate of drug-likeness (QED) is 0.587. The number of nitrogen functional groups attached to an aromatic ring is 1. The number of aryl methyl sites for hydroxylation is 1. The molecule has 0 bridgehead atoms. The van der Waals surface area contributed by atoms with Crippen molar-refractivity contribution in [2.75, 3.05) is 10.7 Å². The van der Waals surface area contributed by atoms with Crippen LogP contribution in [0.2, 0.25) is 0 Å². The van der Waals surface area contributed by atoms with Gasteiger partial charge in [0.2, 0.25) is 0 Å². The molecule has 0 aromatic heterocycles. The second-order valence-corrected chi connectivity index (χ2v) is 4.29. The predicted octanol–water partition coefficient (Wildman–Crippen LogP) is 2.40. The zero-order chi connectivity index (χ0) is 14.5. The van der Waals surface area contributed by atoms with Crippen LogP contribution in [-0.2, 0) is 0 Å². The van der Waals surface area contributed by atoms with Crippen molar-refractivity contribution in [3.63, 3.8) is 0 Å². The fraction of sp³-hybridized carbons (Fsp3) is 0.0667. The van der Waals surface area contributed by atoms with Crippen LogP contribution in [0.1, 0.15) is 21.5 Å². The molecule has 4 N–H and O–H groups in total. The van der Waals surface area contributed by atoms with E-state index < -0.39 is 0 Å². The number of hydrazine groups is 1. The van der Waals surface area contributed by atoms with Gasteiger partial charge in [-0.05, 0) is 42.8 Å². The molecule has 5 heteroatoms. The molecule has 0 unspecified atom stereocenters. The van der Waals surface area contributed by atoms with E-state index in [1.54, 1.807) is 36.4 Å². The Morgan fingerprint density at radius 2 is 1.90 bits per heavy atom. The molecule has 2 rings (SSSR count). The predicted molar refractivity (Wildman–Crippen MR) is 78.1 cm³/mol. The van der Waals surface area contributed by atoms with Gasteiger partial charge in [-0.3, -0.25) is 10.6 Å². The zero-order valence-electron chi connectivity index (χ0n) is 11.0. The minimum Gasteiger partial charge on any atom is -0.324 e. The van der Waals surface area contributed by atoms with E-state index in [0.717, 1.165) is 11.3 Å². The number of nitriles is 1. The fourth-order valence-electron chi connectivity index (χ4n) is 1.83. The van der Waals surface area contributed by atoms with Gasteiger partial charge >= 0.3 is 0 Å². The van der Waals surface area contributed by atoms with E-state index in [2.05, 4.69) is 16.8 Å². The number of benzene rings is 2. The average Bonchev–Trinajstić information content (AvgIpc) is 2.47. The van der Waals surface area contributed by atoms with Crippen molar-refractivity contribution in [3.8, 4) is 6.07 Å². The van der Waals surface area contributed by atoms with Crippen molar-refractivity contribution in [3.05, 3.63) is 59.2 Å². The molecule has 0 aliphatic carbocycles. The van der Waals surface area contributed by atoms with E-state index in [4.69, 9.17) is 11.1 Å². The van der Waals surface area contributed by atoms with Gasteiger partial charge in [-0.1, -0.05) is 12.1 Å². The largest absolute Gasteiger partial charge is 0.324 e. The standard InChI is InChI=1S/C15H14N4O/c1-10-3-2-4-14(13(10)9-16)18-15(20)11-5-7-12(19-17)8-6-11/h2-8,19H,17H2,1H3,(H,18,20). The van der Waals surface area contributed by atoms with Gasteiger partial charge in [-0.2, -0.15) is 5.26 Å². The minimum absolute atomic E-state index is 0.268. The van der Waals surface area contributed by atoms with E-state index in [9.17, 15) is 4.79 Å². The molecule has 1 amide bonds. The highest BCUT2D eigenvalue weighted by Gasteiger charge is 2.10. The van der Waals surface area contributed by atoms with Gasteiger partial charge in [0.05, 0.1) is 11.3 Å². The van der Waals surface area contributed by atoms with Gasteiger partial charge < -0.3 is 10.7 Å². The second-order valence-electron chi connectivity index (χ2n) is 4.29. The normalized spacial score (nSPS) is 9.65. The van der Waals surface area contributed by atoms with Crippen LogP contribution in [-0.4, -0.2) is 5.91 Å². The fourth-order valence-corrected chi connectivity index (χ4v) is 1.83. The maximum atomic E-state index is 12.1. The van der Waals surface area contributed by atoms with Crippen LogP contribution >= 0.6 is 0 Å². The molecule has 5 nitrogen and oxygen atoms in total. The first kappa shape index (κ1) is 13.6. The van der Waals surface area contributed by atoms with Crippen LogP contribution in [0.5, 0.6) is 0 Å². The average molecular weight is 266 g/mol. The molecular weight excluding hydrogens is 252 g/mol. The maximum Gasteiger partial charge on any atom is 0.255 e. The van der Waals surface area contributed by atoms with Gasteiger partial charge in [0.1, 0.15) is 6.07 Å². The highest BCUT2D eigenvalue weighted by Crippen LogP contribution is 2.19. The first-order chi connectivity index (χ1) is 9.65. The van der Waals surface area contributed by atoms with E-state index in [-0.39, 0.29) is 5.91 Å². The molecule has 20 heavy (non-hydrogen) atoms. The molecule has 0 fully saturated rings. The molecule has 0 radical (unpaired) electrons. The summed E-state index contributed by atoms with van der Waals surface area (Å²) < 4.78 is 0. The lowest BCUT2D eigenvalue weighted by molar-refractivity contribution is 0.102. The summed E-state index contributed by atoms with van der Waals surface area (Å²) in [7, 11) is 0. The maximum absolute atomic E-state index is 12.1. The molecule has 0 spiro atoms. The molecule has 100 valence electrons. The Labute approximate surface area is 117 Å². The lowest BCUT2D eigenvalue weighted by atomic mass is 10.1. The minimum atomic E-state index is -0.268. The first-order valence-electron chi connectivity index (χ1n) is 6.03. The number of carbonyl (C=O) groups is 1. The smallest absolute Gasteiger partial charge is 0.255 e. The Morgan fingerprint density at radius 3 is 2.50 bits per heavy atom. The molecule has 0 aliphatic rings. The van der Waals surface area contributed by atoms with Crippen LogP contribution in [0, 0.1) is 18.3 Å². The van der Waals surface area contributed by atoms with Crippen molar-refractivity contribution in [2.45, 2.75) is 6.92 Å².